The van der Waals surface area contributed by atoms with Gasteiger partial charge in [-0.25, -0.2) is 0 Å². The van der Waals surface area contributed by atoms with E-state index in [1.807, 2.05) is 11.4 Å². The molecule has 2 N–H and O–H groups in total. The standard InChI is InChI=1S/C9H11NOS/c1-11-6-9-5-8(7-12-9)3-2-4-10/h5,7H,4,6,10H2,1H3. The van der Waals surface area contributed by atoms with Crippen LogP contribution in [0.25, 0.3) is 0 Å². The second kappa shape index (κ2) is 4.94. The largest absolute Gasteiger partial charge is 0.379 e. The third kappa shape index (κ3) is 2.67. The van der Waals surface area contributed by atoms with E-state index in [1.165, 1.54) is 4.88 Å². The molecule has 0 spiro atoms. The summed E-state index contributed by atoms with van der Waals surface area (Å²) < 4.78 is 4.98. The minimum Gasteiger partial charge on any atom is -0.379 e. The lowest BCUT2D eigenvalue weighted by atomic mass is 10.3. The van der Waals surface area contributed by atoms with Gasteiger partial charge in [0.1, 0.15) is 0 Å². The summed E-state index contributed by atoms with van der Waals surface area (Å²) in [6.07, 6.45) is 0. The second-order valence-electron chi connectivity index (χ2n) is 2.24. The SMILES string of the molecule is COCc1cc(C#CCN)cs1. The van der Waals surface area contributed by atoms with Gasteiger partial charge in [0, 0.05) is 22.9 Å². The first-order chi connectivity index (χ1) is 5.86. The highest BCUT2D eigenvalue weighted by molar-refractivity contribution is 7.10. The Bertz CT molecular complexity index is 295. The molecule has 0 aromatic carbocycles. The Morgan fingerprint density at radius 1 is 1.67 bits per heavy atom. The molecule has 12 heavy (non-hydrogen) atoms. The predicted molar refractivity (Wildman–Crippen MR) is 51.0 cm³/mol. The van der Waals surface area contributed by atoms with Crippen molar-refractivity contribution in [2.24, 2.45) is 5.73 Å². The van der Waals surface area contributed by atoms with Gasteiger partial charge in [-0.3, -0.25) is 0 Å². The molecule has 1 aromatic heterocycles. The Kier molecular flexibility index (Phi) is 3.81. The molecule has 0 bridgehead atoms. The van der Waals surface area contributed by atoms with Gasteiger partial charge in [-0.1, -0.05) is 11.8 Å². The smallest absolute Gasteiger partial charge is 0.0806 e. The number of thiophene rings is 1. The zero-order valence-electron chi connectivity index (χ0n) is 6.96. The first-order valence-electron chi connectivity index (χ1n) is 3.62. The number of hydrogen-bond acceptors (Lipinski definition) is 3. The number of ether oxygens (including phenoxy) is 1. The van der Waals surface area contributed by atoms with E-state index in [9.17, 15) is 0 Å². The molecule has 0 unspecified atom stereocenters. The average Bonchev–Trinajstić information content (AvgIpc) is 2.50. The maximum Gasteiger partial charge on any atom is 0.0806 e. The van der Waals surface area contributed by atoms with Crippen LogP contribution in [0.1, 0.15) is 10.4 Å². The molecule has 2 nitrogen and oxygen atoms in total. The summed E-state index contributed by atoms with van der Waals surface area (Å²) in [5.74, 6) is 5.77. The van der Waals surface area contributed by atoms with E-state index in [2.05, 4.69) is 11.8 Å². The van der Waals surface area contributed by atoms with Crippen LogP contribution in [-0.2, 0) is 11.3 Å². The first-order valence-corrected chi connectivity index (χ1v) is 4.50. The van der Waals surface area contributed by atoms with Gasteiger partial charge in [-0.2, -0.15) is 0 Å². The van der Waals surface area contributed by atoms with Gasteiger partial charge in [0.05, 0.1) is 13.2 Å². The van der Waals surface area contributed by atoms with Crippen molar-refractivity contribution in [1.82, 2.24) is 0 Å². The number of nitrogens with two attached hydrogens (primary N) is 1. The Balaban J connectivity index is 2.64. The van der Waals surface area contributed by atoms with Gasteiger partial charge < -0.3 is 10.5 Å². The molecule has 0 aliphatic rings. The molecule has 0 saturated carbocycles. The lowest BCUT2D eigenvalue weighted by molar-refractivity contribution is 0.187. The fourth-order valence-electron chi connectivity index (χ4n) is 0.817. The monoisotopic (exact) mass is 181 g/mol. The van der Waals surface area contributed by atoms with E-state index in [0.29, 0.717) is 13.2 Å². The molecule has 0 fully saturated rings. The van der Waals surface area contributed by atoms with E-state index < -0.39 is 0 Å². The van der Waals surface area contributed by atoms with Crippen LogP contribution in [0.4, 0.5) is 0 Å². The second-order valence-corrected chi connectivity index (χ2v) is 3.24. The number of hydrogen-bond donors (Lipinski definition) is 1. The molecular formula is C9H11NOS. The summed E-state index contributed by atoms with van der Waals surface area (Å²) >= 11 is 1.66. The van der Waals surface area contributed by atoms with Crippen LogP contribution in [-0.4, -0.2) is 13.7 Å². The molecule has 1 heterocycles. The summed E-state index contributed by atoms with van der Waals surface area (Å²) in [5, 5.41) is 2.01. The third-order valence-corrected chi connectivity index (χ3v) is 2.19. The van der Waals surface area contributed by atoms with Crippen LogP contribution < -0.4 is 5.73 Å². The van der Waals surface area contributed by atoms with E-state index in [1.54, 1.807) is 18.4 Å². The summed E-state index contributed by atoms with van der Waals surface area (Å²) in [6.45, 7) is 1.07. The molecule has 0 aliphatic heterocycles. The van der Waals surface area contributed by atoms with Crippen LogP contribution in [0.2, 0.25) is 0 Å². The lowest BCUT2D eigenvalue weighted by Gasteiger charge is -1.89. The summed E-state index contributed by atoms with van der Waals surface area (Å²) in [6, 6.07) is 2.02. The fourth-order valence-corrected chi connectivity index (χ4v) is 1.60. The van der Waals surface area contributed by atoms with Gasteiger partial charge in [0.25, 0.3) is 0 Å². The van der Waals surface area contributed by atoms with Crippen molar-refractivity contribution in [3.63, 3.8) is 0 Å². The van der Waals surface area contributed by atoms with E-state index in [-0.39, 0.29) is 0 Å². The average molecular weight is 181 g/mol. The first kappa shape index (κ1) is 9.27. The van der Waals surface area contributed by atoms with Crippen molar-refractivity contribution in [3.8, 4) is 11.8 Å². The van der Waals surface area contributed by atoms with Gasteiger partial charge in [-0.05, 0) is 6.07 Å². The maximum atomic E-state index is 5.25. The Labute approximate surface area is 76.3 Å². The normalized spacial score (nSPS) is 9.17. The van der Waals surface area contributed by atoms with Crippen molar-refractivity contribution < 1.29 is 4.74 Å². The van der Waals surface area contributed by atoms with E-state index in [0.717, 1.165) is 5.56 Å². The summed E-state index contributed by atoms with van der Waals surface area (Å²) in [7, 11) is 1.69. The maximum absolute atomic E-state index is 5.25. The van der Waals surface area contributed by atoms with Crippen LogP contribution in [0.5, 0.6) is 0 Å². The zero-order valence-corrected chi connectivity index (χ0v) is 7.78. The molecular weight excluding hydrogens is 170 g/mol. The van der Waals surface area contributed by atoms with Crippen LogP contribution in [0.15, 0.2) is 11.4 Å². The molecule has 1 rings (SSSR count). The summed E-state index contributed by atoms with van der Waals surface area (Å²) in [5.41, 5.74) is 6.27. The number of rotatable bonds is 2. The molecule has 0 aliphatic carbocycles. The topological polar surface area (TPSA) is 35.2 Å². The molecule has 0 radical (unpaired) electrons. The van der Waals surface area contributed by atoms with Crippen molar-refractivity contribution in [2.75, 3.05) is 13.7 Å². The van der Waals surface area contributed by atoms with Gasteiger partial charge >= 0.3 is 0 Å². The Morgan fingerprint density at radius 3 is 3.17 bits per heavy atom. The third-order valence-electron chi connectivity index (χ3n) is 1.28. The number of methoxy groups -OCH3 is 1. The van der Waals surface area contributed by atoms with Crippen LogP contribution in [0, 0.1) is 11.8 Å². The van der Waals surface area contributed by atoms with E-state index >= 15 is 0 Å². The molecule has 0 amide bonds. The van der Waals surface area contributed by atoms with E-state index in [4.69, 9.17) is 10.5 Å². The molecule has 1 aromatic rings. The fraction of sp³-hybridized carbons (Fsp3) is 0.333. The van der Waals surface area contributed by atoms with Crippen LogP contribution >= 0.6 is 11.3 Å². The minimum absolute atomic E-state index is 0.412. The predicted octanol–water partition coefficient (Wildman–Crippen LogP) is 1.20. The molecule has 0 saturated heterocycles. The lowest BCUT2D eigenvalue weighted by Crippen LogP contribution is -1.92. The highest BCUT2D eigenvalue weighted by atomic mass is 32.1. The zero-order chi connectivity index (χ0) is 8.81. The molecule has 0 atom stereocenters. The summed E-state index contributed by atoms with van der Waals surface area (Å²) in [4.78, 5) is 1.19. The van der Waals surface area contributed by atoms with Crippen LogP contribution in [0.3, 0.4) is 0 Å². The minimum atomic E-state index is 0.412. The van der Waals surface area contributed by atoms with Gasteiger partial charge in [0.2, 0.25) is 0 Å². The Morgan fingerprint density at radius 2 is 2.50 bits per heavy atom. The van der Waals surface area contributed by atoms with Crippen molar-refractivity contribution in [1.29, 1.82) is 0 Å². The van der Waals surface area contributed by atoms with Crippen molar-refractivity contribution in [2.45, 2.75) is 6.61 Å². The quantitative estimate of drug-likeness (QED) is 0.696. The molecule has 64 valence electrons. The highest BCUT2D eigenvalue weighted by Gasteiger charge is 1.95. The molecule has 3 heteroatoms. The van der Waals surface area contributed by atoms with Gasteiger partial charge in [-0.15, -0.1) is 11.3 Å². The Hall–Kier alpha value is -0.820. The van der Waals surface area contributed by atoms with Crippen molar-refractivity contribution in [3.05, 3.63) is 21.9 Å². The van der Waals surface area contributed by atoms with Crippen molar-refractivity contribution >= 4 is 11.3 Å². The highest BCUT2D eigenvalue weighted by Crippen LogP contribution is 2.14. The van der Waals surface area contributed by atoms with Gasteiger partial charge in [0.15, 0.2) is 0 Å².